The predicted octanol–water partition coefficient (Wildman–Crippen LogP) is 5.82. The number of carbonyl (C=O) groups excluding carboxylic acids is 1. The van der Waals surface area contributed by atoms with Gasteiger partial charge in [-0.25, -0.2) is 0 Å². The molecule has 0 atom stereocenters. The Labute approximate surface area is 167 Å². The second-order valence-corrected chi connectivity index (χ2v) is 7.32. The van der Waals surface area contributed by atoms with Gasteiger partial charge in [-0.3, -0.25) is 4.79 Å². The van der Waals surface area contributed by atoms with Crippen LogP contribution in [0.25, 0.3) is 6.08 Å². The quantitative estimate of drug-likeness (QED) is 0.439. The lowest BCUT2D eigenvalue weighted by molar-refractivity contribution is 0.104. The van der Waals surface area contributed by atoms with Crippen LogP contribution in [0.5, 0.6) is 17.2 Å². The summed E-state index contributed by atoms with van der Waals surface area (Å²) < 4.78 is 12.1. The van der Waals surface area contributed by atoms with E-state index in [0.717, 1.165) is 35.5 Å². The average Bonchev–Trinajstić information content (AvgIpc) is 2.62. The van der Waals surface area contributed by atoms with Gasteiger partial charge in [-0.1, -0.05) is 19.4 Å². The summed E-state index contributed by atoms with van der Waals surface area (Å²) in [5.41, 5.74) is 2.43. The Morgan fingerprint density at radius 1 is 1.00 bits per heavy atom. The Hall–Kier alpha value is -2.75. The van der Waals surface area contributed by atoms with Crippen molar-refractivity contribution in [3.8, 4) is 17.2 Å². The fraction of sp³-hybridized carbons (Fsp3) is 0.375. The Balaban J connectivity index is 2.38. The summed E-state index contributed by atoms with van der Waals surface area (Å²) in [5, 5.41) is 9.36. The van der Waals surface area contributed by atoms with Gasteiger partial charge < -0.3 is 14.6 Å². The largest absolute Gasteiger partial charge is 0.508 e. The highest BCUT2D eigenvalue weighted by molar-refractivity contribution is 6.06. The Kier molecular flexibility index (Phi) is 7.68. The van der Waals surface area contributed by atoms with Crippen LogP contribution in [0.15, 0.2) is 42.5 Å². The van der Waals surface area contributed by atoms with E-state index in [1.807, 2.05) is 39.8 Å². The third-order valence-corrected chi connectivity index (χ3v) is 3.99. The third-order valence-electron chi connectivity index (χ3n) is 3.99. The van der Waals surface area contributed by atoms with Crippen molar-refractivity contribution < 1.29 is 19.4 Å². The Morgan fingerprint density at radius 3 is 2.00 bits per heavy atom. The molecule has 0 aromatic heterocycles. The standard InChI is InChI=1S/C24H30O4/c1-6-7-21-23(27-16(2)3)14-18(15-24(21)28-17(4)5)8-13-22(26)19-9-11-20(25)12-10-19/h8-17,25H,6-7H2,1-5H3/b13-8+. The van der Waals surface area contributed by atoms with Crippen LogP contribution in [0.2, 0.25) is 0 Å². The number of hydrogen-bond acceptors (Lipinski definition) is 4. The first-order chi connectivity index (χ1) is 13.3. The van der Waals surface area contributed by atoms with Gasteiger partial charge in [0.2, 0.25) is 0 Å². The average molecular weight is 383 g/mol. The van der Waals surface area contributed by atoms with Gasteiger partial charge in [0.15, 0.2) is 5.78 Å². The molecule has 0 unspecified atom stereocenters. The maximum Gasteiger partial charge on any atom is 0.185 e. The number of allylic oxidation sites excluding steroid dienone is 1. The summed E-state index contributed by atoms with van der Waals surface area (Å²) in [6.07, 6.45) is 5.23. The number of rotatable bonds is 9. The van der Waals surface area contributed by atoms with Gasteiger partial charge >= 0.3 is 0 Å². The van der Waals surface area contributed by atoms with Gasteiger partial charge in [0.05, 0.1) is 12.2 Å². The second-order valence-electron chi connectivity index (χ2n) is 7.32. The number of phenolic OH excluding ortho intramolecular Hbond substituents is 1. The first-order valence-electron chi connectivity index (χ1n) is 9.81. The summed E-state index contributed by atoms with van der Waals surface area (Å²) in [6.45, 7) is 10.1. The van der Waals surface area contributed by atoms with Crippen molar-refractivity contribution in [1.82, 2.24) is 0 Å². The molecule has 0 amide bonds. The second kappa shape index (κ2) is 9.98. The number of hydrogen-bond donors (Lipinski definition) is 1. The van der Waals surface area contributed by atoms with E-state index in [2.05, 4.69) is 6.92 Å². The van der Waals surface area contributed by atoms with Crippen LogP contribution < -0.4 is 9.47 Å². The molecule has 2 aromatic rings. The molecule has 0 aliphatic carbocycles. The molecular formula is C24H30O4. The zero-order valence-corrected chi connectivity index (χ0v) is 17.4. The lowest BCUT2D eigenvalue weighted by atomic mass is 10.0. The molecular weight excluding hydrogens is 352 g/mol. The molecule has 4 nitrogen and oxygen atoms in total. The minimum absolute atomic E-state index is 0.0420. The van der Waals surface area contributed by atoms with Crippen LogP contribution in [-0.2, 0) is 6.42 Å². The van der Waals surface area contributed by atoms with E-state index >= 15 is 0 Å². The molecule has 2 rings (SSSR count). The lowest BCUT2D eigenvalue weighted by Gasteiger charge is -2.20. The molecule has 0 heterocycles. The first-order valence-corrected chi connectivity index (χ1v) is 9.81. The molecule has 4 heteroatoms. The van der Waals surface area contributed by atoms with Crippen LogP contribution >= 0.6 is 0 Å². The van der Waals surface area contributed by atoms with Gasteiger partial charge in [-0.2, -0.15) is 0 Å². The van der Waals surface area contributed by atoms with Crippen molar-refractivity contribution in [3.05, 3.63) is 59.2 Å². The molecule has 2 aromatic carbocycles. The van der Waals surface area contributed by atoms with Crippen molar-refractivity contribution in [1.29, 1.82) is 0 Å². The molecule has 0 saturated carbocycles. The van der Waals surface area contributed by atoms with Crippen molar-refractivity contribution >= 4 is 11.9 Å². The molecule has 0 radical (unpaired) electrons. The van der Waals surface area contributed by atoms with E-state index in [-0.39, 0.29) is 23.7 Å². The third kappa shape index (κ3) is 6.15. The fourth-order valence-corrected chi connectivity index (χ4v) is 2.84. The number of ether oxygens (including phenoxy) is 2. The highest BCUT2D eigenvalue weighted by Gasteiger charge is 2.15. The van der Waals surface area contributed by atoms with Gasteiger partial charge in [0.1, 0.15) is 17.2 Å². The predicted molar refractivity (Wildman–Crippen MR) is 113 cm³/mol. The maximum absolute atomic E-state index is 12.4. The molecule has 0 fully saturated rings. The summed E-state index contributed by atoms with van der Waals surface area (Å²) in [5.74, 6) is 1.60. The number of benzene rings is 2. The molecule has 0 spiro atoms. The van der Waals surface area contributed by atoms with E-state index in [0.29, 0.717) is 5.56 Å². The van der Waals surface area contributed by atoms with Crippen LogP contribution in [0.3, 0.4) is 0 Å². The Bertz CT molecular complexity index is 786. The van der Waals surface area contributed by atoms with E-state index < -0.39 is 0 Å². The molecule has 0 bridgehead atoms. The summed E-state index contributed by atoms with van der Waals surface area (Å²) in [6, 6.07) is 10.1. The van der Waals surface area contributed by atoms with Gasteiger partial charge in [-0.05, 0) is 82.2 Å². The molecule has 0 aliphatic rings. The van der Waals surface area contributed by atoms with Crippen LogP contribution in [0.1, 0.15) is 62.5 Å². The molecule has 150 valence electrons. The van der Waals surface area contributed by atoms with E-state index in [1.165, 1.54) is 18.2 Å². The smallest absolute Gasteiger partial charge is 0.185 e. The van der Waals surface area contributed by atoms with E-state index in [4.69, 9.17) is 9.47 Å². The first kappa shape index (κ1) is 21.5. The van der Waals surface area contributed by atoms with E-state index in [9.17, 15) is 9.90 Å². The summed E-state index contributed by atoms with van der Waals surface area (Å²) >= 11 is 0. The highest BCUT2D eigenvalue weighted by Crippen LogP contribution is 2.34. The number of ketones is 1. The van der Waals surface area contributed by atoms with Gasteiger partial charge in [0, 0.05) is 11.1 Å². The maximum atomic E-state index is 12.4. The van der Waals surface area contributed by atoms with Crippen LogP contribution in [-0.4, -0.2) is 23.1 Å². The summed E-state index contributed by atoms with van der Waals surface area (Å²) in [7, 11) is 0. The van der Waals surface area contributed by atoms with Crippen LogP contribution in [0.4, 0.5) is 0 Å². The SMILES string of the molecule is CCCc1c(OC(C)C)cc(/C=C/C(=O)c2ccc(O)cc2)cc1OC(C)C. The zero-order chi connectivity index (χ0) is 20.7. The minimum Gasteiger partial charge on any atom is -0.508 e. The van der Waals surface area contributed by atoms with Gasteiger partial charge in [0.25, 0.3) is 0 Å². The number of aromatic hydroxyl groups is 1. The van der Waals surface area contributed by atoms with Crippen molar-refractivity contribution in [2.75, 3.05) is 0 Å². The van der Waals surface area contributed by atoms with E-state index in [1.54, 1.807) is 18.2 Å². The Morgan fingerprint density at radius 2 is 1.54 bits per heavy atom. The monoisotopic (exact) mass is 382 g/mol. The zero-order valence-electron chi connectivity index (χ0n) is 17.4. The van der Waals surface area contributed by atoms with Crippen molar-refractivity contribution in [3.63, 3.8) is 0 Å². The number of phenols is 1. The normalized spacial score (nSPS) is 11.4. The number of carbonyl (C=O) groups is 1. The topological polar surface area (TPSA) is 55.8 Å². The fourth-order valence-electron chi connectivity index (χ4n) is 2.84. The van der Waals surface area contributed by atoms with Crippen molar-refractivity contribution in [2.45, 2.75) is 59.7 Å². The molecule has 0 saturated heterocycles. The van der Waals surface area contributed by atoms with Gasteiger partial charge in [-0.15, -0.1) is 0 Å². The lowest BCUT2D eigenvalue weighted by Crippen LogP contribution is -2.12. The van der Waals surface area contributed by atoms with Crippen LogP contribution in [0, 0.1) is 0 Å². The van der Waals surface area contributed by atoms with Crippen molar-refractivity contribution in [2.24, 2.45) is 0 Å². The molecule has 28 heavy (non-hydrogen) atoms. The molecule has 0 aliphatic heterocycles. The highest BCUT2D eigenvalue weighted by atomic mass is 16.5. The minimum atomic E-state index is -0.129. The molecule has 1 N–H and O–H groups in total. The summed E-state index contributed by atoms with van der Waals surface area (Å²) in [4.78, 5) is 12.4.